The molecule has 1 saturated heterocycles. The first kappa shape index (κ1) is 23.0. The van der Waals surface area contributed by atoms with Crippen LogP contribution in [0.15, 0.2) is 48.5 Å². The fraction of sp³-hybridized carbons (Fsp3) is 0.462. The Morgan fingerprint density at radius 1 is 1.00 bits per heavy atom. The van der Waals surface area contributed by atoms with E-state index >= 15 is 0 Å². The van der Waals surface area contributed by atoms with Crippen LogP contribution in [0.3, 0.4) is 0 Å². The molecule has 2 aromatic carbocycles. The van der Waals surface area contributed by atoms with E-state index < -0.39 is 0 Å². The molecule has 2 amide bonds. The molecule has 0 radical (unpaired) electrons. The summed E-state index contributed by atoms with van der Waals surface area (Å²) in [7, 11) is 1.71. The third kappa shape index (κ3) is 6.93. The number of carbonyl (C=O) groups excluding carboxylic acids is 2. The van der Waals surface area contributed by atoms with Gasteiger partial charge in [0.2, 0.25) is 11.8 Å². The molecular formula is C26H35N3O2. The summed E-state index contributed by atoms with van der Waals surface area (Å²) in [5.74, 6) is 0.569. The summed E-state index contributed by atoms with van der Waals surface area (Å²) in [5.41, 5.74) is 4.29. The second-order valence-corrected chi connectivity index (χ2v) is 8.81. The van der Waals surface area contributed by atoms with Gasteiger partial charge in [-0.25, -0.2) is 0 Å². The van der Waals surface area contributed by atoms with Gasteiger partial charge >= 0.3 is 0 Å². The molecule has 0 unspecified atom stereocenters. The van der Waals surface area contributed by atoms with Gasteiger partial charge in [0.1, 0.15) is 0 Å². The Balaban J connectivity index is 1.38. The predicted octanol–water partition coefficient (Wildman–Crippen LogP) is 4.05. The van der Waals surface area contributed by atoms with Crippen molar-refractivity contribution in [2.24, 2.45) is 5.92 Å². The van der Waals surface area contributed by atoms with Gasteiger partial charge in [-0.1, -0.05) is 48.5 Å². The van der Waals surface area contributed by atoms with Gasteiger partial charge in [0.25, 0.3) is 0 Å². The highest BCUT2D eigenvalue weighted by atomic mass is 16.2. The number of anilines is 1. The summed E-state index contributed by atoms with van der Waals surface area (Å²) < 4.78 is 0. The van der Waals surface area contributed by atoms with Crippen molar-refractivity contribution in [2.45, 2.75) is 39.5 Å². The standard InChI is InChI=1S/C26H35N3O2/c1-20-8-7-9-21(2)26(20)27-24(30)18-28(3)25(31)19-29-16-14-23(15-17-29)13-12-22-10-5-4-6-11-22/h4-11,23H,12-19H2,1-3H3,(H,27,30). The zero-order valence-corrected chi connectivity index (χ0v) is 19.1. The summed E-state index contributed by atoms with van der Waals surface area (Å²) in [4.78, 5) is 28.8. The normalized spacial score (nSPS) is 14.9. The summed E-state index contributed by atoms with van der Waals surface area (Å²) >= 11 is 0. The maximum Gasteiger partial charge on any atom is 0.243 e. The Labute approximate surface area is 186 Å². The van der Waals surface area contributed by atoms with Crippen LogP contribution in [0.2, 0.25) is 0 Å². The topological polar surface area (TPSA) is 52.7 Å². The minimum Gasteiger partial charge on any atom is -0.335 e. The van der Waals surface area contributed by atoms with Crippen molar-refractivity contribution in [1.29, 1.82) is 0 Å². The van der Waals surface area contributed by atoms with Gasteiger partial charge in [-0.3, -0.25) is 14.5 Å². The fourth-order valence-corrected chi connectivity index (χ4v) is 4.25. The smallest absolute Gasteiger partial charge is 0.243 e. The highest BCUT2D eigenvalue weighted by molar-refractivity contribution is 5.95. The number of carbonyl (C=O) groups is 2. The molecule has 0 aromatic heterocycles. The van der Waals surface area contributed by atoms with E-state index in [-0.39, 0.29) is 18.4 Å². The Hall–Kier alpha value is -2.66. The van der Waals surface area contributed by atoms with Gasteiger partial charge in [-0.05, 0) is 75.2 Å². The van der Waals surface area contributed by atoms with E-state index in [1.54, 1.807) is 7.05 Å². The first-order valence-corrected chi connectivity index (χ1v) is 11.3. The second kappa shape index (κ2) is 11.1. The van der Waals surface area contributed by atoms with Crippen LogP contribution in [0.5, 0.6) is 0 Å². The fourth-order valence-electron chi connectivity index (χ4n) is 4.25. The van der Waals surface area contributed by atoms with Gasteiger partial charge in [0, 0.05) is 12.7 Å². The van der Waals surface area contributed by atoms with Crippen molar-refractivity contribution in [2.75, 3.05) is 38.5 Å². The monoisotopic (exact) mass is 421 g/mol. The number of hydrogen-bond donors (Lipinski definition) is 1. The van der Waals surface area contributed by atoms with Crippen LogP contribution < -0.4 is 5.32 Å². The third-order valence-corrected chi connectivity index (χ3v) is 6.30. The largest absolute Gasteiger partial charge is 0.335 e. The lowest BCUT2D eigenvalue weighted by Crippen LogP contribution is -2.44. The molecule has 1 N–H and O–H groups in total. The van der Waals surface area contributed by atoms with Crippen molar-refractivity contribution >= 4 is 17.5 Å². The van der Waals surface area contributed by atoms with E-state index in [9.17, 15) is 9.59 Å². The van der Waals surface area contributed by atoms with Crippen molar-refractivity contribution in [3.63, 3.8) is 0 Å². The number of piperidine rings is 1. The van der Waals surface area contributed by atoms with E-state index in [0.29, 0.717) is 6.54 Å². The lowest BCUT2D eigenvalue weighted by Gasteiger charge is -2.32. The van der Waals surface area contributed by atoms with Crippen LogP contribution in [0.4, 0.5) is 5.69 Å². The molecule has 0 saturated carbocycles. The molecule has 31 heavy (non-hydrogen) atoms. The molecule has 3 rings (SSSR count). The van der Waals surface area contributed by atoms with Crippen molar-refractivity contribution < 1.29 is 9.59 Å². The number of rotatable bonds is 8. The minimum absolute atomic E-state index is 0.000564. The molecule has 1 fully saturated rings. The number of hydrogen-bond acceptors (Lipinski definition) is 3. The lowest BCUT2D eigenvalue weighted by molar-refractivity contribution is -0.134. The van der Waals surface area contributed by atoms with Crippen LogP contribution >= 0.6 is 0 Å². The van der Waals surface area contributed by atoms with Crippen LogP contribution in [-0.2, 0) is 16.0 Å². The molecule has 0 aliphatic carbocycles. The predicted molar refractivity (Wildman–Crippen MR) is 126 cm³/mol. The van der Waals surface area contributed by atoms with Gasteiger partial charge in [0.15, 0.2) is 0 Å². The molecular weight excluding hydrogens is 386 g/mol. The van der Waals surface area contributed by atoms with Gasteiger partial charge < -0.3 is 10.2 Å². The second-order valence-electron chi connectivity index (χ2n) is 8.81. The first-order valence-electron chi connectivity index (χ1n) is 11.3. The van der Waals surface area contributed by atoms with E-state index in [2.05, 4.69) is 40.5 Å². The number of para-hydroxylation sites is 1. The maximum absolute atomic E-state index is 12.6. The molecule has 0 bridgehead atoms. The average Bonchev–Trinajstić information content (AvgIpc) is 2.76. The summed E-state index contributed by atoms with van der Waals surface area (Å²) in [5, 5.41) is 2.95. The third-order valence-electron chi connectivity index (χ3n) is 6.30. The molecule has 5 nitrogen and oxygen atoms in total. The Morgan fingerprint density at radius 2 is 1.65 bits per heavy atom. The van der Waals surface area contributed by atoms with Crippen molar-refractivity contribution in [1.82, 2.24) is 9.80 Å². The zero-order valence-electron chi connectivity index (χ0n) is 19.1. The number of amides is 2. The molecule has 1 aliphatic rings. The van der Waals surface area contributed by atoms with E-state index in [1.807, 2.05) is 32.0 Å². The molecule has 0 atom stereocenters. The van der Waals surface area contributed by atoms with Crippen molar-refractivity contribution in [3.05, 3.63) is 65.2 Å². The molecule has 166 valence electrons. The zero-order chi connectivity index (χ0) is 22.2. The Morgan fingerprint density at radius 3 is 2.29 bits per heavy atom. The van der Waals surface area contributed by atoms with E-state index in [1.165, 1.54) is 16.9 Å². The van der Waals surface area contributed by atoms with Gasteiger partial charge in [0.05, 0.1) is 13.1 Å². The molecule has 1 heterocycles. The molecule has 2 aromatic rings. The number of nitrogens with one attached hydrogen (secondary N) is 1. The number of likely N-dealkylation sites (N-methyl/N-ethyl adjacent to an activating group) is 1. The van der Waals surface area contributed by atoms with Gasteiger partial charge in [-0.2, -0.15) is 0 Å². The highest BCUT2D eigenvalue weighted by Gasteiger charge is 2.22. The molecule has 0 spiro atoms. The van der Waals surface area contributed by atoms with Crippen molar-refractivity contribution in [3.8, 4) is 0 Å². The number of aryl methyl sites for hydroxylation is 3. The Bertz CT molecular complexity index is 853. The summed E-state index contributed by atoms with van der Waals surface area (Å²) in [6, 6.07) is 16.6. The number of benzene rings is 2. The van der Waals surface area contributed by atoms with E-state index in [0.717, 1.165) is 55.1 Å². The molecule has 5 heteroatoms. The molecule has 1 aliphatic heterocycles. The van der Waals surface area contributed by atoms with Crippen LogP contribution in [0, 0.1) is 19.8 Å². The summed E-state index contributed by atoms with van der Waals surface area (Å²) in [6.45, 7) is 6.31. The van der Waals surface area contributed by atoms with Crippen LogP contribution in [0.1, 0.15) is 36.0 Å². The maximum atomic E-state index is 12.6. The van der Waals surface area contributed by atoms with Gasteiger partial charge in [-0.15, -0.1) is 0 Å². The highest BCUT2D eigenvalue weighted by Crippen LogP contribution is 2.22. The summed E-state index contributed by atoms with van der Waals surface area (Å²) in [6.07, 6.45) is 4.61. The lowest BCUT2D eigenvalue weighted by atomic mass is 9.90. The minimum atomic E-state index is -0.159. The Kier molecular flexibility index (Phi) is 8.24. The van der Waals surface area contributed by atoms with E-state index in [4.69, 9.17) is 0 Å². The number of nitrogens with zero attached hydrogens (tertiary/aromatic N) is 2. The number of likely N-dealkylation sites (tertiary alicyclic amines) is 1. The van der Waals surface area contributed by atoms with Crippen LogP contribution in [0.25, 0.3) is 0 Å². The average molecular weight is 422 g/mol. The quantitative estimate of drug-likeness (QED) is 0.700. The van der Waals surface area contributed by atoms with Crippen LogP contribution in [-0.4, -0.2) is 54.8 Å². The SMILES string of the molecule is Cc1cccc(C)c1NC(=O)CN(C)C(=O)CN1CCC(CCc2ccccc2)CC1. The first-order chi connectivity index (χ1) is 14.9.